The van der Waals surface area contributed by atoms with Gasteiger partial charge >= 0.3 is 0 Å². The van der Waals surface area contributed by atoms with Crippen LogP contribution in [0.3, 0.4) is 0 Å². The maximum Gasteiger partial charge on any atom is 0.143 e. The van der Waals surface area contributed by atoms with Crippen LogP contribution in [0.4, 0.5) is 0 Å². The Bertz CT molecular complexity index is 431. The summed E-state index contributed by atoms with van der Waals surface area (Å²) < 4.78 is 1.89. The van der Waals surface area contributed by atoms with Gasteiger partial charge in [-0.25, -0.2) is 9.67 Å². The number of hydrogen-bond acceptors (Lipinski definition) is 3. The van der Waals surface area contributed by atoms with E-state index in [1.54, 1.807) is 6.33 Å². The Morgan fingerprint density at radius 2 is 2.05 bits per heavy atom. The highest BCUT2D eigenvalue weighted by atomic mass is 16.1. The molecule has 1 aromatic rings. The third-order valence-electron chi connectivity index (χ3n) is 4.45. The largest absolute Gasteiger partial charge is 0.299 e. The Morgan fingerprint density at radius 1 is 1.35 bits per heavy atom. The lowest BCUT2D eigenvalue weighted by Gasteiger charge is -2.26. The van der Waals surface area contributed by atoms with E-state index >= 15 is 0 Å². The maximum absolute atomic E-state index is 12.4. The number of hydrogen-bond donors (Lipinski definition) is 0. The first-order chi connectivity index (χ1) is 9.60. The highest BCUT2D eigenvalue weighted by Crippen LogP contribution is 2.31. The Hall–Kier alpha value is -1.19. The summed E-state index contributed by atoms with van der Waals surface area (Å²) in [6, 6.07) is 0. The van der Waals surface area contributed by atoms with Gasteiger partial charge in [-0.15, -0.1) is 0 Å². The van der Waals surface area contributed by atoms with Crippen LogP contribution in [0.5, 0.6) is 0 Å². The third kappa shape index (κ3) is 3.90. The van der Waals surface area contributed by atoms with Crippen LogP contribution in [0.1, 0.15) is 58.7 Å². The zero-order chi connectivity index (χ0) is 14.5. The van der Waals surface area contributed by atoms with E-state index in [9.17, 15) is 4.79 Å². The number of ketones is 1. The van der Waals surface area contributed by atoms with Gasteiger partial charge in [0.15, 0.2) is 0 Å². The molecule has 112 valence electrons. The van der Waals surface area contributed by atoms with Crippen LogP contribution < -0.4 is 0 Å². The average Bonchev–Trinajstić information content (AvgIpc) is 2.85. The van der Waals surface area contributed by atoms with Crippen molar-refractivity contribution >= 4 is 5.78 Å². The lowest BCUT2D eigenvalue weighted by Crippen LogP contribution is -2.24. The minimum Gasteiger partial charge on any atom is -0.299 e. The summed E-state index contributed by atoms with van der Waals surface area (Å²) >= 11 is 0. The zero-order valence-corrected chi connectivity index (χ0v) is 13.0. The van der Waals surface area contributed by atoms with E-state index in [0.29, 0.717) is 18.1 Å². The molecule has 0 amide bonds. The molecule has 1 saturated carbocycles. The van der Waals surface area contributed by atoms with Crippen molar-refractivity contribution in [2.24, 2.45) is 17.8 Å². The Balaban J connectivity index is 1.90. The first kappa shape index (κ1) is 15.2. The van der Waals surface area contributed by atoms with Gasteiger partial charge in [-0.3, -0.25) is 4.79 Å². The second-order valence-electron chi connectivity index (χ2n) is 6.52. The Morgan fingerprint density at radius 3 is 2.65 bits per heavy atom. The van der Waals surface area contributed by atoms with Gasteiger partial charge < -0.3 is 0 Å². The molecule has 4 heteroatoms. The lowest BCUT2D eigenvalue weighted by atomic mass is 9.78. The maximum atomic E-state index is 12.4. The van der Waals surface area contributed by atoms with E-state index in [4.69, 9.17) is 0 Å². The third-order valence-corrected chi connectivity index (χ3v) is 4.45. The first-order valence-corrected chi connectivity index (χ1v) is 7.99. The summed E-state index contributed by atoms with van der Waals surface area (Å²) in [5, 5.41) is 4.23. The van der Waals surface area contributed by atoms with Crippen molar-refractivity contribution in [1.29, 1.82) is 0 Å². The number of aromatic nitrogens is 3. The van der Waals surface area contributed by atoms with Gasteiger partial charge in [-0.2, -0.15) is 5.10 Å². The van der Waals surface area contributed by atoms with Crippen LogP contribution in [0.15, 0.2) is 6.33 Å². The molecule has 0 atom stereocenters. The highest BCUT2D eigenvalue weighted by Gasteiger charge is 2.26. The van der Waals surface area contributed by atoms with E-state index < -0.39 is 0 Å². The van der Waals surface area contributed by atoms with Gasteiger partial charge in [-0.1, -0.05) is 27.2 Å². The molecule has 2 rings (SSSR count). The summed E-state index contributed by atoms with van der Waals surface area (Å²) in [5.74, 6) is 2.80. The molecule has 0 aliphatic heterocycles. The summed E-state index contributed by atoms with van der Waals surface area (Å²) in [7, 11) is 0. The summed E-state index contributed by atoms with van der Waals surface area (Å²) in [4.78, 5) is 16.7. The molecule has 0 N–H and O–H groups in total. The second kappa shape index (κ2) is 7.00. The fraction of sp³-hybridized carbons (Fsp3) is 0.812. The van der Waals surface area contributed by atoms with Crippen LogP contribution >= 0.6 is 0 Å². The van der Waals surface area contributed by atoms with Crippen molar-refractivity contribution in [3.63, 3.8) is 0 Å². The van der Waals surface area contributed by atoms with Crippen molar-refractivity contribution in [3.05, 3.63) is 12.2 Å². The van der Waals surface area contributed by atoms with Crippen LogP contribution in [-0.2, 0) is 17.8 Å². The second-order valence-corrected chi connectivity index (χ2v) is 6.52. The molecule has 1 aliphatic carbocycles. The minimum absolute atomic E-state index is 0.252. The standard InChI is InChI=1S/C16H27N3O/c1-4-13-5-7-14(8-6-13)15(20)9-16-17-11-18-19(16)10-12(2)3/h11-14H,4-10H2,1-3H3. The lowest BCUT2D eigenvalue weighted by molar-refractivity contribution is -0.123. The smallest absolute Gasteiger partial charge is 0.143 e. The molecule has 0 unspecified atom stereocenters. The predicted molar refractivity (Wildman–Crippen MR) is 79.3 cm³/mol. The summed E-state index contributed by atoms with van der Waals surface area (Å²) in [5.41, 5.74) is 0. The number of carbonyl (C=O) groups is 1. The molecule has 0 saturated heterocycles. The fourth-order valence-electron chi connectivity index (χ4n) is 3.12. The Labute approximate surface area is 122 Å². The van der Waals surface area contributed by atoms with Gasteiger partial charge in [0.2, 0.25) is 0 Å². The zero-order valence-electron chi connectivity index (χ0n) is 13.0. The number of nitrogens with zero attached hydrogens (tertiary/aromatic N) is 3. The molecule has 20 heavy (non-hydrogen) atoms. The summed E-state index contributed by atoms with van der Waals surface area (Å²) in [6.07, 6.45) is 7.83. The number of carbonyl (C=O) groups excluding carboxylic acids is 1. The SMILES string of the molecule is CCC1CCC(C(=O)Cc2ncnn2CC(C)C)CC1. The normalized spacial score (nSPS) is 23.2. The molecule has 0 spiro atoms. The molecule has 0 bridgehead atoms. The van der Waals surface area contributed by atoms with Crippen LogP contribution in [0.2, 0.25) is 0 Å². The van der Waals surface area contributed by atoms with E-state index in [1.807, 2.05) is 4.68 Å². The first-order valence-electron chi connectivity index (χ1n) is 7.99. The van der Waals surface area contributed by atoms with Gasteiger partial charge in [0, 0.05) is 12.5 Å². The van der Waals surface area contributed by atoms with Crippen LogP contribution in [0.25, 0.3) is 0 Å². The van der Waals surface area contributed by atoms with Crippen molar-refractivity contribution in [2.75, 3.05) is 0 Å². The molecule has 1 fully saturated rings. The molecular formula is C16H27N3O. The van der Waals surface area contributed by atoms with E-state index in [0.717, 1.165) is 31.1 Å². The van der Waals surface area contributed by atoms with Crippen molar-refractivity contribution in [1.82, 2.24) is 14.8 Å². The Kier molecular flexibility index (Phi) is 5.32. The van der Waals surface area contributed by atoms with Crippen molar-refractivity contribution in [2.45, 2.75) is 65.8 Å². The number of rotatable bonds is 6. The quantitative estimate of drug-likeness (QED) is 0.802. The minimum atomic E-state index is 0.252. The van der Waals surface area contributed by atoms with Crippen molar-refractivity contribution in [3.8, 4) is 0 Å². The highest BCUT2D eigenvalue weighted by molar-refractivity contribution is 5.82. The molecule has 0 radical (unpaired) electrons. The van der Waals surface area contributed by atoms with E-state index in [2.05, 4.69) is 30.9 Å². The summed E-state index contributed by atoms with van der Waals surface area (Å²) in [6.45, 7) is 7.39. The molecule has 4 nitrogen and oxygen atoms in total. The predicted octanol–water partition coefficient (Wildman–Crippen LogP) is 3.26. The molecule has 1 aromatic heterocycles. The fourth-order valence-corrected chi connectivity index (χ4v) is 3.12. The topological polar surface area (TPSA) is 47.8 Å². The van der Waals surface area contributed by atoms with Gasteiger partial charge in [0.05, 0.1) is 6.42 Å². The molecule has 1 heterocycles. The van der Waals surface area contributed by atoms with E-state index in [1.165, 1.54) is 19.3 Å². The molecular weight excluding hydrogens is 250 g/mol. The van der Waals surface area contributed by atoms with Gasteiger partial charge in [0.25, 0.3) is 0 Å². The van der Waals surface area contributed by atoms with E-state index in [-0.39, 0.29) is 5.92 Å². The van der Waals surface area contributed by atoms with Crippen molar-refractivity contribution < 1.29 is 4.79 Å². The monoisotopic (exact) mass is 277 g/mol. The number of Topliss-reactive ketones (excluding diaryl/α,β-unsaturated/α-hetero) is 1. The van der Waals surface area contributed by atoms with Gasteiger partial charge in [0.1, 0.15) is 17.9 Å². The van der Waals surface area contributed by atoms with Gasteiger partial charge in [-0.05, 0) is 37.5 Å². The molecule has 0 aromatic carbocycles. The van der Waals surface area contributed by atoms with Crippen LogP contribution in [0, 0.1) is 17.8 Å². The van der Waals surface area contributed by atoms with Crippen LogP contribution in [-0.4, -0.2) is 20.5 Å². The average molecular weight is 277 g/mol. The molecule has 1 aliphatic rings.